The number of hydrogen-bond donors (Lipinski definition) is 0. The molecular formula is C67H36F3N7. The van der Waals surface area contributed by atoms with Gasteiger partial charge in [0.25, 0.3) is 0 Å². The maximum Gasteiger partial charge on any atom is 0.417 e. The number of nitrogens with zero attached hydrogens (tertiary/aromatic N) is 7. The van der Waals surface area contributed by atoms with E-state index in [9.17, 15) is 15.8 Å². The lowest BCUT2D eigenvalue weighted by Crippen LogP contribution is -2.10. The average Bonchev–Trinajstić information content (AvgIpc) is 4.22. The maximum atomic E-state index is 15.5. The molecular weight excluding hydrogens is 960 g/mol. The molecule has 360 valence electrons. The number of alkyl halides is 3. The minimum atomic E-state index is -4.77. The molecule has 0 aliphatic carbocycles. The van der Waals surface area contributed by atoms with E-state index in [-0.39, 0.29) is 16.7 Å². The van der Waals surface area contributed by atoms with Crippen LogP contribution in [0.4, 0.5) is 24.5 Å². The van der Waals surface area contributed by atoms with Gasteiger partial charge in [0, 0.05) is 21.5 Å². The van der Waals surface area contributed by atoms with Crippen molar-refractivity contribution in [3.63, 3.8) is 0 Å². The van der Waals surface area contributed by atoms with Crippen molar-refractivity contribution in [3.8, 4) is 85.2 Å². The SMILES string of the molecule is [C-]#[N+]c1cccc(-c2ccc3c4ccc(-c5cccc([N+]#[C-])c5)cc4n(-c4cc(-c5c(C)cccc5C(F)(F)F)cc(-n5c6cc(-c7cccc(C#N)c7)ccc6c6ccc(-c7cccc(C#N)c7)cc65)c4C#N)c3c2)c1. The number of halogens is 3. The van der Waals surface area contributed by atoms with Gasteiger partial charge in [0.2, 0.25) is 0 Å². The van der Waals surface area contributed by atoms with Crippen molar-refractivity contribution >= 4 is 55.0 Å². The Morgan fingerprint density at radius 1 is 0.403 bits per heavy atom. The highest BCUT2D eigenvalue weighted by Crippen LogP contribution is 2.46. The molecule has 0 spiro atoms. The molecule has 0 saturated heterocycles. The predicted molar refractivity (Wildman–Crippen MR) is 299 cm³/mol. The smallest absolute Gasteiger partial charge is 0.308 e. The van der Waals surface area contributed by atoms with Crippen LogP contribution in [0.5, 0.6) is 0 Å². The van der Waals surface area contributed by atoms with Crippen LogP contribution in [0.25, 0.3) is 120 Å². The predicted octanol–water partition coefficient (Wildman–Crippen LogP) is 18.3. The number of benzene rings is 10. The third-order valence-electron chi connectivity index (χ3n) is 14.4. The molecule has 0 fully saturated rings. The molecule has 12 rings (SSSR count). The van der Waals surface area contributed by atoms with Crippen molar-refractivity contribution < 1.29 is 13.2 Å². The molecule has 0 radical (unpaired) electrons. The van der Waals surface area contributed by atoms with Gasteiger partial charge in [-0.3, -0.25) is 0 Å². The van der Waals surface area contributed by atoms with Gasteiger partial charge in [-0.1, -0.05) is 121 Å². The summed E-state index contributed by atoms with van der Waals surface area (Å²) in [5.74, 6) is 0. The third-order valence-corrected chi connectivity index (χ3v) is 14.4. The number of nitriles is 3. The molecule has 10 aromatic carbocycles. The Morgan fingerprint density at radius 2 is 0.766 bits per heavy atom. The first kappa shape index (κ1) is 47.1. The van der Waals surface area contributed by atoms with Gasteiger partial charge in [-0.05, 0) is 147 Å². The van der Waals surface area contributed by atoms with Crippen LogP contribution in [-0.2, 0) is 6.18 Å². The number of aromatic nitrogens is 2. The zero-order valence-electron chi connectivity index (χ0n) is 40.8. The van der Waals surface area contributed by atoms with E-state index in [1.54, 1.807) is 73.7 Å². The van der Waals surface area contributed by atoms with Crippen molar-refractivity contribution in [1.82, 2.24) is 9.13 Å². The van der Waals surface area contributed by atoms with E-state index in [2.05, 4.69) is 27.9 Å². The molecule has 77 heavy (non-hydrogen) atoms. The molecule has 0 aliphatic heterocycles. The first-order valence-electron chi connectivity index (χ1n) is 24.4. The van der Waals surface area contributed by atoms with Crippen molar-refractivity contribution in [3.05, 3.63) is 251 Å². The highest BCUT2D eigenvalue weighted by atomic mass is 19.4. The quantitative estimate of drug-likeness (QED) is 0.149. The van der Waals surface area contributed by atoms with E-state index < -0.39 is 11.7 Å². The summed E-state index contributed by atoms with van der Waals surface area (Å²) in [6, 6.07) is 67.4. The zero-order valence-corrected chi connectivity index (χ0v) is 40.8. The van der Waals surface area contributed by atoms with Crippen LogP contribution in [0.2, 0.25) is 0 Å². The average molecular weight is 996 g/mol. The molecule has 0 bridgehead atoms. The van der Waals surface area contributed by atoms with Gasteiger partial charge >= 0.3 is 6.18 Å². The van der Waals surface area contributed by atoms with Crippen LogP contribution in [0, 0.1) is 54.1 Å². The van der Waals surface area contributed by atoms with Gasteiger partial charge in [-0.2, -0.15) is 29.0 Å². The Kier molecular flexibility index (Phi) is 11.3. The second-order valence-electron chi connectivity index (χ2n) is 18.8. The molecule has 0 atom stereocenters. The normalized spacial score (nSPS) is 11.3. The van der Waals surface area contributed by atoms with Crippen molar-refractivity contribution in [1.29, 1.82) is 15.8 Å². The Morgan fingerprint density at radius 3 is 1.13 bits per heavy atom. The second kappa shape index (κ2) is 18.5. The second-order valence-corrected chi connectivity index (χ2v) is 18.8. The van der Waals surface area contributed by atoms with E-state index in [0.717, 1.165) is 72.1 Å². The summed E-state index contributed by atoms with van der Waals surface area (Å²) in [4.78, 5) is 7.36. The molecule has 7 nitrogen and oxygen atoms in total. The third kappa shape index (κ3) is 8.06. The van der Waals surface area contributed by atoms with Gasteiger partial charge in [0.15, 0.2) is 11.4 Å². The van der Waals surface area contributed by atoms with Gasteiger partial charge in [0.1, 0.15) is 11.6 Å². The van der Waals surface area contributed by atoms with Crippen LogP contribution in [-0.4, -0.2) is 9.13 Å². The van der Waals surface area contributed by atoms with Crippen LogP contribution in [0.3, 0.4) is 0 Å². The maximum absolute atomic E-state index is 15.5. The highest BCUT2D eigenvalue weighted by molar-refractivity contribution is 6.13. The highest BCUT2D eigenvalue weighted by Gasteiger charge is 2.35. The lowest BCUT2D eigenvalue weighted by atomic mass is 9.92. The van der Waals surface area contributed by atoms with Gasteiger partial charge in [0.05, 0.1) is 75.4 Å². The van der Waals surface area contributed by atoms with E-state index in [0.29, 0.717) is 61.5 Å². The molecule has 0 unspecified atom stereocenters. The number of fused-ring (bicyclic) bond motifs is 6. The number of rotatable bonds is 7. The van der Waals surface area contributed by atoms with Crippen LogP contribution in [0.1, 0.15) is 27.8 Å². The van der Waals surface area contributed by atoms with Crippen molar-refractivity contribution in [2.45, 2.75) is 13.1 Å². The Hall–Kier alpha value is -11.0. The first-order chi connectivity index (χ1) is 37.5. The number of hydrogen-bond acceptors (Lipinski definition) is 3. The van der Waals surface area contributed by atoms with Crippen LogP contribution < -0.4 is 0 Å². The van der Waals surface area contributed by atoms with Crippen molar-refractivity contribution in [2.75, 3.05) is 0 Å². The topological polar surface area (TPSA) is 89.9 Å². The lowest BCUT2D eigenvalue weighted by Gasteiger charge is -2.21. The summed E-state index contributed by atoms with van der Waals surface area (Å²) < 4.78 is 50.5. The summed E-state index contributed by atoms with van der Waals surface area (Å²) in [5.41, 5.74) is 11.0. The van der Waals surface area contributed by atoms with Crippen LogP contribution in [0.15, 0.2) is 200 Å². The summed E-state index contributed by atoms with van der Waals surface area (Å²) in [5, 5.41) is 35.0. The van der Waals surface area contributed by atoms with E-state index in [1.807, 2.05) is 130 Å². The van der Waals surface area contributed by atoms with Gasteiger partial charge in [-0.15, -0.1) is 0 Å². The first-order valence-corrected chi connectivity index (χ1v) is 24.4. The summed E-state index contributed by atoms with van der Waals surface area (Å²) in [6.07, 6.45) is -4.77. The Labute approximate surface area is 440 Å². The van der Waals surface area contributed by atoms with Gasteiger partial charge < -0.3 is 9.13 Å². The molecule has 0 N–H and O–H groups in total. The summed E-state index contributed by atoms with van der Waals surface area (Å²) in [7, 11) is 0. The van der Waals surface area contributed by atoms with E-state index >= 15 is 13.2 Å². The minimum Gasteiger partial charge on any atom is -0.308 e. The fourth-order valence-electron chi connectivity index (χ4n) is 10.8. The molecule has 0 saturated carbocycles. The largest absolute Gasteiger partial charge is 0.417 e. The Balaban J connectivity index is 1.26. The van der Waals surface area contributed by atoms with Crippen LogP contribution >= 0.6 is 0 Å². The molecule has 10 heteroatoms. The molecule has 0 aliphatic rings. The summed E-state index contributed by atoms with van der Waals surface area (Å²) in [6.45, 7) is 17.2. The van der Waals surface area contributed by atoms with Gasteiger partial charge in [-0.25, -0.2) is 9.69 Å². The fraction of sp³-hybridized carbons (Fsp3) is 0.0299. The molecule has 2 aromatic heterocycles. The van der Waals surface area contributed by atoms with E-state index in [4.69, 9.17) is 13.1 Å². The lowest BCUT2D eigenvalue weighted by molar-refractivity contribution is -0.137. The minimum absolute atomic E-state index is 0.0511. The summed E-state index contributed by atoms with van der Waals surface area (Å²) >= 11 is 0. The molecule has 12 aromatic rings. The monoisotopic (exact) mass is 995 g/mol. The number of aryl methyl sites for hydroxylation is 1. The fourth-order valence-corrected chi connectivity index (χ4v) is 10.8. The van der Waals surface area contributed by atoms with Crippen molar-refractivity contribution in [2.24, 2.45) is 0 Å². The molecule has 0 amide bonds. The zero-order chi connectivity index (χ0) is 53.1. The standard InChI is InChI=1S/C67H36F3N7/c1-40-9-4-18-59(67(68,69)70)66(40)51-35-64(76-60-31-47(43-12-5-10-41(27-43)37-71)19-23-54(60)55-24-20-48(32-61(55)76)44-13-6-11-42(28-44)38-72)58(39-73)65(36-51)77-62-33-49(45-14-7-16-52(29-45)74-2)21-25-56(62)57-26-22-50(34-63(57)77)46-15-8-17-53(30-46)75-3/h4-36H,1H3. The Bertz CT molecular complexity index is 4220. The molecule has 2 heterocycles. The van der Waals surface area contributed by atoms with E-state index in [1.165, 1.54) is 6.07 Å².